The number of para-hydroxylation sites is 1. The lowest BCUT2D eigenvalue weighted by atomic mass is 10.1. The molecule has 0 saturated heterocycles. The zero-order valence-electron chi connectivity index (χ0n) is 15.1. The molecule has 2 aromatic carbocycles. The standard InChI is InChI=1S/C19H25N3O3.ClH/c1-24-14-13-20-11-12-21-19(23)17-5-3-4-6-18(17)22-15-7-9-16(25-2)10-8-15;/h3-10,20,22H,11-14H2,1-2H3,(H,21,23);1H. The van der Waals surface area contributed by atoms with Crippen molar-refractivity contribution in [3.8, 4) is 5.75 Å². The average Bonchev–Trinajstić information content (AvgIpc) is 2.65. The van der Waals surface area contributed by atoms with Crippen molar-refractivity contribution < 1.29 is 14.3 Å². The van der Waals surface area contributed by atoms with Gasteiger partial charge in [0.05, 0.1) is 25.0 Å². The van der Waals surface area contributed by atoms with Gasteiger partial charge in [-0.15, -0.1) is 12.4 Å². The number of rotatable bonds is 10. The Morgan fingerprint density at radius 1 is 0.962 bits per heavy atom. The average molecular weight is 380 g/mol. The first-order valence-corrected chi connectivity index (χ1v) is 8.22. The van der Waals surface area contributed by atoms with Gasteiger partial charge in [-0.05, 0) is 36.4 Å². The normalized spacial score (nSPS) is 9.92. The molecule has 6 nitrogen and oxygen atoms in total. The number of carbonyl (C=O) groups is 1. The van der Waals surface area contributed by atoms with Gasteiger partial charge < -0.3 is 25.4 Å². The van der Waals surface area contributed by atoms with Crippen molar-refractivity contribution in [2.75, 3.05) is 45.8 Å². The summed E-state index contributed by atoms with van der Waals surface area (Å²) in [6, 6.07) is 15.0. The molecule has 2 rings (SSSR count). The lowest BCUT2D eigenvalue weighted by Crippen LogP contribution is -2.33. The van der Waals surface area contributed by atoms with Crippen LogP contribution >= 0.6 is 12.4 Å². The van der Waals surface area contributed by atoms with Gasteiger partial charge in [-0.1, -0.05) is 12.1 Å². The Kier molecular flexibility index (Phi) is 10.2. The molecule has 0 aliphatic heterocycles. The second kappa shape index (κ2) is 12.1. The Hall–Kier alpha value is -2.28. The summed E-state index contributed by atoms with van der Waals surface area (Å²) < 4.78 is 10.1. The second-order valence-electron chi connectivity index (χ2n) is 5.40. The van der Waals surface area contributed by atoms with Gasteiger partial charge in [-0.3, -0.25) is 4.79 Å². The van der Waals surface area contributed by atoms with Crippen molar-refractivity contribution in [1.82, 2.24) is 10.6 Å². The summed E-state index contributed by atoms with van der Waals surface area (Å²) in [6.45, 7) is 2.67. The first-order valence-electron chi connectivity index (χ1n) is 8.22. The van der Waals surface area contributed by atoms with E-state index in [9.17, 15) is 4.79 Å². The number of benzene rings is 2. The third-order valence-electron chi connectivity index (χ3n) is 3.61. The predicted molar refractivity (Wildman–Crippen MR) is 107 cm³/mol. The van der Waals surface area contributed by atoms with Crippen LogP contribution in [-0.4, -0.2) is 46.4 Å². The van der Waals surface area contributed by atoms with E-state index in [-0.39, 0.29) is 18.3 Å². The monoisotopic (exact) mass is 379 g/mol. The van der Waals surface area contributed by atoms with Crippen LogP contribution in [0, 0.1) is 0 Å². The van der Waals surface area contributed by atoms with Crippen LogP contribution in [0.25, 0.3) is 0 Å². The summed E-state index contributed by atoms with van der Waals surface area (Å²) in [5.74, 6) is 0.683. The Balaban J connectivity index is 0.00000338. The minimum Gasteiger partial charge on any atom is -0.497 e. The fourth-order valence-corrected chi connectivity index (χ4v) is 2.28. The van der Waals surface area contributed by atoms with Crippen LogP contribution in [0.2, 0.25) is 0 Å². The number of hydrogen-bond donors (Lipinski definition) is 3. The zero-order chi connectivity index (χ0) is 17.9. The first-order chi connectivity index (χ1) is 12.2. The lowest BCUT2D eigenvalue weighted by Gasteiger charge is -2.13. The van der Waals surface area contributed by atoms with Gasteiger partial charge in [0.1, 0.15) is 5.75 Å². The van der Waals surface area contributed by atoms with Crippen molar-refractivity contribution in [2.24, 2.45) is 0 Å². The molecule has 0 aliphatic carbocycles. The fourth-order valence-electron chi connectivity index (χ4n) is 2.28. The van der Waals surface area contributed by atoms with E-state index in [1.165, 1.54) is 0 Å². The zero-order valence-corrected chi connectivity index (χ0v) is 15.9. The van der Waals surface area contributed by atoms with Crippen molar-refractivity contribution in [1.29, 1.82) is 0 Å². The molecule has 0 radical (unpaired) electrons. The van der Waals surface area contributed by atoms with Gasteiger partial charge in [0.2, 0.25) is 0 Å². The summed E-state index contributed by atoms with van der Waals surface area (Å²) in [5.41, 5.74) is 2.26. The van der Waals surface area contributed by atoms with E-state index in [0.717, 1.165) is 23.7 Å². The van der Waals surface area contributed by atoms with Gasteiger partial charge in [-0.25, -0.2) is 0 Å². The van der Waals surface area contributed by atoms with E-state index in [2.05, 4.69) is 16.0 Å². The second-order valence-corrected chi connectivity index (χ2v) is 5.40. The van der Waals surface area contributed by atoms with E-state index in [1.807, 2.05) is 42.5 Å². The van der Waals surface area contributed by atoms with Gasteiger partial charge in [0.25, 0.3) is 5.91 Å². The Morgan fingerprint density at radius 3 is 2.38 bits per heavy atom. The molecular weight excluding hydrogens is 354 g/mol. The SMILES string of the molecule is COCCNCCNC(=O)c1ccccc1Nc1ccc(OC)cc1.Cl. The Bertz CT molecular complexity index is 665. The van der Waals surface area contributed by atoms with Crippen LogP contribution in [0.15, 0.2) is 48.5 Å². The van der Waals surface area contributed by atoms with E-state index < -0.39 is 0 Å². The van der Waals surface area contributed by atoms with E-state index in [4.69, 9.17) is 9.47 Å². The number of carbonyl (C=O) groups excluding carboxylic acids is 1. The largest absolute Gasteiger partial charge is 0.497 e. The molecule has 7 heteroatoms. The minimum atomic E-state index is -0.106. The third-order valence-corrected chi connectivity index (χ3v) is 3.61. The lowest BCUT2D eigenvalue weighted by molar-refractivity contribution is 0.0954. The van der Waals surface area contributed by atoms with E-state index in [1.54, 1.807) is 20.3 Å². The van der Waals surface area contributed by atoms with Crippen LogP contribution in [0.5, 0.6) is 5.75 Å². The molecule has 26 heavy (non-hydrogen) atoms. The molecule has 2 aromatic rings. The molecule has 3 N–H and O–H groups in total. The molecule has 0 spiro atoms. The topological polar surface area (TPSA) is 71.6 Å². The maximum Gasteiger partial charge on any atom is 0.253 e. The van der Waals surface area contributed by atoms with Crippen LogP contribution in [0.1, 0.15) is 10.4 Å². The molecule has 0 heterocycles. The number of ether oxygens (including phenoxy) is 2. The molecule has 0 aliphatic rings. The Labute approximate surface area is 160 Å². The van der Waals surface area contributed by atoms with Crippen LogP contribution < -0.4 is 20.7 Å². The number of amides is 1. The van der Waals surface area contributed by atoms with Crippen molar-refractivity contribution in [2.45, 2.75) is 0 Å². The van der Waals surface area contributed by atoms with Crippen molar-refractivity contribution in [3.05, 3.63) is 54.1 Å². The van der Waals surface area contributed by atoms with Crippen molar-refractivity contribution >= 4 is 29.7 Å². The molecule has 0 saturated carbocycles. The molecule has 0 unspecified atom stereocenters. The molecule has 0 fully saturated rings. The number of anilines is 2. The maximum absolute atomic E-state index is 12.4. The predicted octanol–water partition coefficient (Wildman–Crippen LogP) is 2.83. The van der Waals surface area contributed by atoms with Gasteiger partial charge in [0, 0.05) is 32.4 Å². The van der Waals surface area contributed by atoms with Crippen LogP contribution in [-0.2, 0) is 4.74 Å². The number of hydrogen-bond acceptors (Lipinski definition) is 5. The quantitative estimate of drug-likeness (QED) is 0.554. The van der Waals surface area contributed by atoms with Crippen LogP contribution in [0.4, 0.5) is 11.4 Å². The highest BCUT2D eigenvalue weighted by Gasteiger charge is 2.10. The molecule has 0 atom stereocenters. The summed E-state index contributed by atoms with van der Waals surface area (Å²) >= 11 is 0. The summed E-state index contributed by atoms with van der Waals surface area (Å²) in [4.78, 5) is 12.4. The molecule has 142 valence electrons. The minimum absolute atomic E-state index is 0. The third kappa shape index (κ3) is 6.92. The molecular formula is C19H26ClN3O3. The van der Waals surface area contributed by atoms with E-state index >= 15 is 0 Å². The maximum atomic E-state index is 12.4. The first kappa shape index (κ1) is 21.8. The molecule has 1 amide bonds. The van der Waals surface area contributed by atoms with Crippen molar-refractivity contribution in [3.63, 3.8) is 0 Å². The molecule has 0 bridgehead atoms. The highest BCUT2D eigenvalue weighted by atomic mass is 35.5. The highest BCUT2D eigenvalue weighted by molar-refractivity contribution is 6.00. The van der Waals surface area contributed by atoms with Gasteiger partial charge in [0.15, 0.2) is 0 Å². The molecule has 0 aromatic heterocycles. The summed E-state index contributed by atoms with van der Waals surface area (Å²) in [5, 5.41) is 9.38. The van der Waals surface area contributed by atoms with E-state index in [0.29, 0.717) is 25.3 Å². The smallest absolute Gasteiger partial charge is 0.253 e. The number of nitrogens with one attached hydrogen (secondary N) is 3. The Morgan fingerprint density at radius 2 is 1.69 bits per heavy atom. The van der Waals surface area contributed by atoms with Gasteiger partial charge in [-0.2, -0.15) is 0 Å². The number of halogens is 1. The fraction of sp³-hybridized carbons (Fsp3) is 0.316. The highest BCUT2D eigenvalue weighted by Crippen LogP contribution is 2.22. The number of methoxy groups -OCH3 is 2. The summed E-state index contributed by atoms with van der Waals surface area (Å²) in [6.07, 6.45) is 0. The summed E-state index contributed by atoms with van der Waals surface area (Å²) in [7, 11) is 3.29. The van der Waals surface area contributed by atoms with Gasteiger partial charge >= 0.3 is 0 Å². The van der Waals surface area contributed by atoms with Crippen LogP contribution in [0.3, 0.4) is 0 Å².